The summed E-state index contributed by atoms with van der Waals surface area (Å²) in [5.41, 5.74) is -2.67. The minimum Gasteiger partial charge on any atom is -0.465 e. The van der Waals surface area contributed by atoms with Gasteiger partial charge in [-0.2, -0.15) is 13.2 Å². The number of allylic oxidation sites excluding steroid dienone is 1. The lowest BCUT2D eigenvalue weighted by atomic mass is 9.76. The third kappa shape index (κ3) is 2.84. The highest BCUT2D eigenvalue weighted by molar-refractivity contribution is 6.02. The Bertz CT molecular complexity index is 1030. The lowest BCUT2D eigenvalue weighted by Gasteiger charge is -2.34. The monoisotopic (exact) mass is 409 g/mol. The van der Waals surface area contributed by atoms with Gasteiger partial charge in [-0.15, -0.1) is 0 Å². The highest BCUT2D eigenvalue weighted by Crippen LogP contribution is 2.57. The van der Waals surface area contributed by atoms with Crippen molar-refractivity contribution < 1.29 is 32.2 Å². The van der Waals surface area contributed by atoms with E-state index in [0.29, 0.717) is 5.52 Å². The summed E-state index contributed by atoms with van der Waals surface area (Å²) in [4.78, 5) is 25.4. The van der Waals surface area contributed by atoms with Gasteiger partial charge in [-0.3, -0.25) is 4.79 Å². The summed E-state index contributed by atoms with van der Waals surface area (Å²) >= 11 is 0. The van der Waals surface area contributed by atoms with Gasteiger partial charge in [-0.25, -0.2) is 4.79 Å². The summed E-state index contributed by atoms with van der Waals surface area (Å²) in [6.07, 6.45) is -5.06. The first kappa shape index (κ1) is 21.0. The average Bonchev–Trinajstić information content (AvgIpc) is 3.08. The normalized spacial score (nSPS) is 22.1. The molecule has 1 aromatic heterocycles. The van der Waals surface area contributed by atoms with Crippen molar-refractivity contribution in [3.05, 3.63) is 46.7 Å². The molecule has 29 heavy (non-hydrogen) atoms. The van der Waals surface area contributed by atoms with Gasteiger partial charge < -0.3 is 14.0 Å². The molecule has 8 heteroatoms. The smallest absolute Gasteiger partial charge is 0.434 e. The van der Waals surface area contributed by atoms with Gasteiger partial charge in [-0.1, -0.05) is 23.8 Å². The molecule has 0 aliphatic carbocycles. The lowest BCUT2D eigenvalue weighted by Crippen LogP contribution is -2.50. The Morgan fingerprint density at radius 2 is 1.90 bits per heavy atom. The summed E-state index contributed by atoms with van der Waals surface area (Å²) in [5, 5.41) is 0.266. The van der Waals surface area contributed by atoms with E-state index in [0.717, 1.165) is 0 Å². The van der Waals surface area contributed by atoms with E-state index in [1.165, 1.54) is 33.8 Å². The Balaban J connectivity index is 2.49. The first-order valence-electron chi connectivity index (χ1n) is 9.17. The zero-order valence-corrected chi connectivity index (χ0v) is 16.8. The van der Waals surface area contributed by atoms with Gasteiger partial charge in [0.15, 0.2) is 0 Å². The molecule has 1 fully saturated rings. The SMILES string of the molecule is CCOC(=O)[C@@H]1C(=C(C)C)C(=O)O[C@]1(c1c(C)n(C)c2ccccc12)C(F)(F)F. The molecule has 1 aromatic carbocycles. The second-order valence-corrected chi connectivity index (χ2v) is 7.26. The molecule has 1 aliphatic heterocycles. The number of para-hydroxylation sites is 1. The fourth-order valence-electron chi connectivity index (χ4n) is 4.13. The van der Waals surface area contributed by atoms with Gasteiger partial charge in [0.1, 0.15) is 5.92 Å². The number of alkyl halides is 3. The second-order valence-electron chi connectivity index (χ2n) is 7.26. The Labute approximate surface area is 166 Å². The Morgan fingerprint density at radius 3 is 2.45 bits per heavy atom. The number of hydrogen-bond donors (Lipinski definition) is 0. The van der Waals surface area contributed by atoms with E-state index >= 15 is 0 Å². The van der Waals surface area contributed by atoms with Crippen molar-refractivity contribution in [3.63, 3.8) is 0 Å². The van der Waals surface area contributed by atoms with Crippen molar-refractivity contribution in [2.75, 3.05) is 6.61 Å². The zero-order chi connectivity index (χ0) is 21.7. The maximum atomic E-state index is 14.8. The molecular weight excluding hydrogens is 387 g/mol. The largest absolute Gasteiger partial charge is 0.465 e. The van der Waals surface area contributed by atoms with Crippen molar-refractivity contribution >= 4 is 22.8 Å². The van der Waals surface area contributed by atoms with Gasteiger partial charge in [-0.05, 0) is 33.8 Å². The average molecular weight is 409 g/mol. The van der Waals surface area contributed by atoms with Crippen LogP contribution in [-0.2, 0) is 31.7 Å². The number of halogens is 3. The molecule has 156 valence electrons. The highest BCUT2D eigenvalue weighted by atomic mass is 19.4. The molecule has 0 unspecified atom stereocenters. The number of hydrogen-bond acceptors (Lipinski definition) is 4. The summed E-state index contributed by atoms with van der Waals surface area (Å²) in [5.74, 6) is -4.25. The molecular formula is C21H22F3NO4. The van der Waals surface area contributed by atoms with Crippen molar-refractivity contribution in [1.82, 2.24) is 4.57 Å². The number of nitrogens with zero attached hydrogens (tertiary/aromatic N) is 1. The molecule has 5 nitrogen and oxygen atoms in total. The van der Waals surface area contributed by atoms with Gasteiger partial charge in [0.25, 0.3) is 5.60 Å². The molecule has 0 N–H and O–H groups in total. The van der Waals surface area contributed by atoms with Crippen LogP contribution in [0.3, 0.4) is 0 Å². The van der Waals surface area contributed by atoms with Gasteiger partial charge in [0, 0.05) is 29.2 Å². The van der Waals surface area contributed by atoms with Crippen LogP contribution < -0.4 is 0 Å². The molecule has 1 aliphatic rings. The number of cyclic esters (lactones) is 1. The number of aromatic nitrogens is 1. The standard InChI is InChI=1S/C21H22F3NO4/c1-6-28-19(27)17-15(11(2)3)18(26)29-20(17,21(22,23)24)16-12(4)25(5)14-10-8-7-9-13(14)16/h7-10,17H,6H2,1-5H3/t17-,20-/m0/s1. The molecule has 3 rings (SSSR count). The molecule has 0 saturated carbocycles. The van der Waals surface area contributed by atoms with Crippen LogP contribution in [0.25, 0.3) is 10.9 Å². The number of rotatable bonds is 3. The molecule has 0 radical (unpaired) electrons. The van der Waals surface area contributed by atoms with Crippen LogP contribution in [0.15, 0.2) is 35.4 Å². The first-order chi connectivity index (χ1) is 13.5. The topological polar surface area (TPSA) is 57.5 Å². The highest BCUT2D eigenvalue weighted by Gasteiger charge is 2.73. The molecule has 2 heterocycles. The quantitative estimate of drug-likeness (QED) is 0.560. The molecule has 0 amide bonds. The maximum Gasteiger partial charge on any atom is 0.434 e. The van der Waals surface area contributed by atoms with E-state index in [4.69, 9.17) is 9.47 Å². The predicted molar refractivity (Wildman–Crippen MR) is 100.0 cm³/mol. The van der Waals surface area contributed by atoms with Crippen molar-refractivity contribution in [3.8, 4) is 0 Å². The number of aryl methyl sites for hydroxylation is 1. The number of esters is 2. The van der Waals surface area contributed by atoms with Crippen LogP contribution in [0.2, 0.25) is 0 Å². The summed E-state index contributed by atoms with van der Waals surface area (Å²) in [6, 6.07) is 6.51. The van der Waals surface area contributed by atoms with Crippen molar-refractivity contribution in [2.24, 2.45) is 13.0 Å². The van der Waals surface area contributed by atoms with Gasteiger partial charge in [0.2, 0.25) is 0 Å². The number of ether oxygens (including phenoxy) is 2. The minimum atomic E-state index is -5.06. The van der Waals surface area contributed by atoms with Crippen molar-refractivity contribution in [2.45, 2.75) is 39.5 Å². The van der Waals surface area contributed by atoms with E-state index in [1.54, 1.807) is 29.8 Å². The molecule has 2 atom stereocenters. The number of carbonyl (C=O) groups excluding carboxylic acids is 2. The Kier molecular flexibility index (Phi) is 5.01. The van der Waals surface area contributed by atoms with Gasteiger partial charge in [0.05, 0.1) is 12.2 Å². The number of carbonyl (C=O) groups is 2. The van der Waals surface area contributed by atoms with Crippen LogP contribution in [0.5, 0.6) is 0 Å². The molecule has 0 spiro atoms. The number of benzene rings is 1. The van der Waals surface area contributed by atoms with E-state index < -0.39 is 29.6 Å². The van der Waals surface area contributed by atoms with E-state index in [-0.39, 0.29) is 34.4 Å². The van der Waals surface area contributed by atoms with E-state index in [1.807, 2.05) is 0 Å². The number of fused-ring (bicyclic) bond motifs is 1. The third-order valence-electron chi connectivity index (χ3n) is 5.42. The van der Waals surface area contributed by atoms with Crippen molar-refractivity contribution in [1.29, 1.82) is 0 Å². The third-order valence-corrected chi connectivity index (χ3v) is 5.42. The summed E-state index contributed by atoms with van der Waals surface area (Å²) in [7, 11) is 1.63. The van der Waals surface area contributed by atoms with E-state index in [9.17, 15) is 22.8 Å². The second kappa shape index (κ2) is 6.93. The van der Waals surface area contributed by atoms with Crippen LogP contribution in [-0.4, -0.2) is 29.3 Å². The molecule has 2 aromatic rings. The first-order valence-corrected chi connectivity index (χ1v) is 9.17. The van der Waals surface area contributed by atoms with Crippen LogP contribution in [0, 0.1) is 12.8 Å². The fraction of sp³-hybridized carbons (Fsp3) is 0.429. The Hall–Kier alpha value is -2.77. The summed E-state index contributed by atoms with van der Waals surface area (Å²) < 4.78 is 56.0. The molecule has 1 saturated heterocycles. The Morgan fingerprint density at radius 1 is 1.28 bits per heavy atom. The van der Waals surface area contributed by atoms with Crippen LogP contribution >= 0.6 is 0 Å². The van der Waals surface area contributed by atoms with Crippen LogP contribution in [0.4, 0.5) is 13.2 Å². The summed E-state index contributed by atoms with van der Waals surface area (Å²) in [6.45, 7) is 5.84. The zero-order valence-electron chi connectivity index (χ0n) is 16.8. The van der Waals surface area contributed by atoms with Gasteiger partial charge >= 0.3 is 18.1 Å². The predicted octanol–water partition coefficient (Wildman–Crippen LogP) is 4.32. The van der Waals surface area contributed by atoms with E-state index in [2.05, 4.69) is 0 Å². The minimum absolute atomic E-state index is 0.123. The molecule has 0 bridgehead atoms. The van der Waals surface area contributed by atoms with Crippen LogP contribution in [0.1, 0.15) is 32.0 Å². The maximum absolute atomic E-state index is 14.8. The fourth-order valence-corrected chi connectivity index (χ4v) is 4.13. The lowest BCUT2D eigenvalue weighted by molar-refractivity contribution is -0.276.